The number of aliphatic hydroxyl groups excluding tert-OH is 1. The molecule has 4 aromatic carbocycles. The molecule has 0 aromatic heterocycles. The van der Waals surface area contributed by atoms with Crippen LogP contribution in [0.2, 0.25) is 0 Å². The molecule has 5 rings (SSSR count). The van der Waals surface area contributed by atoms with Crippen LogP contribution < -0.4 is 10.1 Å². The molecule has 0 spiro atoms. The van der Waals surface area contributed by atoms with E-state index in [9.17, 15) is 31.1 Å². The smallest absolute Gasteiger partial charge is 0.416 e. The summed E-state index contributed by atoms with van der Waals surface area (Å²) in [5.41, 5.74) is -3.23. The molecule has 0 aliphatic carbocycles. The number of carbonyl (C=O) groups is 1. The molecule has 1 amide bonds. The van der Waals surface area contributed by atoms with Gasteiger partial charge in [0.25, 0.3) is 5.91 Å². The lowest BCUT2D eigenvalue weighted by Crippen LogP contribution is -2.47. The number of amides is 1. The lowest BCUT2D eigenvalue weighted by atomic mass is 9.84. The number of alkyl halides is 6. The predicted molar refractivity (Wildman–Crippen MR) is 179 cm³/mol. The van der Waals surface area contributed by atoms with Crippen molar-refractivity contribution < 1.29 is 45.7 Å². The van der Waals surface area contributed by atoms with Crippen LogP contribution in [0, 0.1) is 0 Å². The number of ether oxygens (including phenoxy) is 2. The van der Waals surface area contributed by atoms with E-state index in [4.69, 9.17) is 19.6 Å². The van der Waals surface area contributed by atoms with Crippen LogP contribution in [0.3, 0.4) is 0 Å². The lowest BCUT2D eigenvalue weighted by Gasteiger charge is -2.30. The van der Waals surface area contributed by atoms with Crippen molar-refractivity contribution in [2.45, 2.75) is 43.4 Å². The zero-order valence-electron chi connectivity index (χ0n) is 26.3. The molecule has 0 fully saturated rings. The Hall–Kier alpha value is -4.62. The topological polar surface area (TPSA) is 80.2 Å². The molecule has 1 heterocycles. The molecule has 6 nitrogen and oxygen atoms in total. The summed E-state index contributed by atoms with van der Waals surface area (Å²) in [6, 6.07) is 24.1. The number of nitrogens with one attached hydrogen (secondary N) is 1. The first kappa shape index (κ1) is 36.7. The molecule has 0 saturated carbocycles. The van der Waals surface area contributed by atoms with Crippen LogP contribution in [0.25, 0.3) is 6.08 Å². The third-order valence-corrected chi connectivity index (χ3v) is 8.37. The molecule has 50 heavy (non-hydrogen) atoms. The number of hydrogen-bond donors (Lipinski definition) is 2. The van der Waals surface area contributed by atoms with Gasteiger partial charge in [-0.1, -0.05) is 70.5 Å². The molecule has 1 aliphatic rings. The maximum absolute atomic E-state index is 14.3. The number of aliphatic hydroxyl groups is 1. The van der Waals surface area contributed by atoms with Gasteiger partial charge in [0.2, 0.25) is 5.90 Å². The van der Waals surface area contributed by atoms with Crippen molar-refractivity contribution in [3.8, 4) is 5.75 Å². The van der Waals surface area contributed by atoms with Crippen molar-refractivity contribution in [1.82, 2.24) is 5.32 Å². The molecule has 0 radical (unpaired) electrons. The van der Waals surface area contributed by atoms with E-state index >= 15 is 0 Å². The average Bonchev–Trinajstić information content (AvgIpc) is 3.48. The molecular formula is C37H31BrF6N2O4. The zero-order chi connectivity index (χ0) is 35.9. The number of benzene rings is 4. The highest BCUT2D eigenvalue weighted by Gasteiger charge is 2.52. The molecule has 13 heteroatoms. The maximum Gasteiger partial charge on any atom is 0.416 e. The summed E-state index contributed by atoms with van der Waals surface area (Å²) in [6.45, 7) is -0.375. The summed E-state index contributed by atoms with van der Waals surface area (Å²) in [6.07, 6.45) is -7.24. The SMILES string of the molecule is O=C(NCc1cc(C(F)(F)F)cc(C(F)(F)F)c1)[C@]1(C/C=C/c2ccccc2)N=C(c2ccc(OCCCO)cc2)O[C@@H]1c1ccc(Br)cc1. The summed E-state index contributed by atoms with van der Waals surface area (Å²) >= 11 is 3.40. The highest BCUT2D eigenvalue weighted by atomic mass is 79.9. The molecule has 2 atom stereocenters. The summed E-state index contributed by atoms with van der Waals surface area (Å²) in [5, 5.41) is 11.6. The van der Waals surface area contributed by atoms with Crippen molar-refractivity contribution in [2.24, 2.45) is 4.99 Å². The number of halogens is 7. The first-order chi connectivity index (χ1) is 23.8. The molecule has 1 aliphatic heterocycles. The molecular weight excluding hydrogens is 730 g/mol. The second-order valence-electron chi connectivity index (χ2n) is 11.5. The number of carbonyl (C=O) groups excluding carboxylic acids is 1. The third-order valence-electron chi connectivity index (χ3n) is 7.84. The molecule has 0 saturated heterocycles. The van der Waals surface area contributed by atoms with E-state index in [2.05, 4.69) is 21.2 Å². The first-order valence-electron chi connectivity index (χ1n) is 15.4. The Balaban J connectivity index is 1.55. The molecule has 262 valence electrons. The highest BCUT2D eigenvalue weighted by Crippen LogP contribution is 2.43. The van der Waals surface area contributed by atoms with E-state index in [-0.39, 0.29) is 25.0 Å². The normalized spacial score (nSPS) is 17.8. The number of nitrogens with zero attached hydrogens (tertiary/aromatic N) is 1. The van der Waals surface area contributed by atoms with E-state index < -0.39 is 53.1 Å². The van der Waals surface area contributed by atoms with E-state index in [1.807, 2.05) is 30.3 Å². The largest absolute Gasteiger partial charge is 0.494 e. The minimum Gasteiger partial charge on any atom is -0.494 e. The van der Waals surface area contributed by atoms with Gasteiger partial charge in [-0.3, -0.25) is 4.79 Å². The average molecular weight is 762 g/mol. The number of rotatable bonds is 12. The second kappa shape index (κ2) is 15.5. The number of aliphatic imine (C=N–C) groups is 1. The number of hydrogen-bond acceptors (Lipinski definition) is 5. The van der Waals surface area contributed by atoms with E-state index in [0.717, 1.165) is 10.0 Å². The summed E-state index contributed by atoms with van der Waals surface area (Å²) in [5.74, 6) is -0.144. The van der Waals surface area contributed by atoms with Crippen LogP contribution >= 0.6 is 15.9 Å². The fourth-order valence-corrected chi connectivity index (χ4v) is 5.61. The van der Waals surface area contributed by atoms with Crippen LogP contribution in [0.4, 0.5) is 26.3 Å². The standard InChI is InChI=1S/C37H31BrF6N2O4/c38-30-13-9-26(10-14-30)32-35(17-4-8-24-6-2-1-3-7-24,46-33(50-32)27-11-15-31(16-12-27)49-19-5-18-47)34(48)45-23-25-20-28(36(39,40)41)22-29(21-25)37(42,43)44/h1-4,6-16,20-22,32,47H,5,17-19,23H2,(H,45,48)/b8-4+/t32-,35-/m1/s1. The zero-order valence-corrected chi connectivity index (χ0v) is 27.9. The van der Waals surface area contributed by atoms with Crippen LogP contribution in [-0.4, -0.2) is 35.7 Å². The van der Waals surface area contributed by atoms with Crippen LogP contribution in [0.15, 0.2) is 113 Å². The molecule has 0 unspecified atom stereocenters. The van der Waals surface area contributed by atoms with Crippen molar-refractivity contribution in [2.75, 3.05) is 13.2 Å². The van der Waals surface area contributed by atoms with E-state index in [1.165, 1.54) is 0 Å². The molecule has 2 N–H and O–H groups in total. The van der Waals surface area contributed by atoms with Gasteiger partial charge in [-0.05, 0) is 71.3 Å². The summed E-state index contributed by atoms with van der Waals surface area (Å²) in [7, 11) is 0. The predicted octanol–water partition coefficient (Wildman–Crippen LogP) is 8.92. The van der Waals surface area contributed by atoms with Crippen LogP contribution in [-0.2, 0) is 28.4 Å². The van der Waals surface area contributed by atoms with Gasteiger partial charge in [-0.2, -0.15) is 26.3 Å². The minimum absolute atomic E-state index is 0.0275. The quantitative estimate of drug-likeness (QED) is 0.112. The van der Waals surface area contributed by atoms with Gasteiger partial charge in [0, 0.05) is 36.0 Å². The molecule has 4 aromatic rings. The van der Waals surface area contributed by atoms with Gasteiger partial charge in [0.05, 0.1) is 17.7 Å². The van der Waals surface area contributed by atoms with Gasteiger partial charge in [-0.15, -0.1) is 0 Å². The Bertz CT molecular complexity index is 1800. The van der Waals surface area contributed by atoms with Crippen molar-refractivity contribution >= 4 is 33.8 Å². The third kappa shape index (κ3) is 8.94. The highest BCUT2D eigenvalue weighted by molar-refractivity contribution is 9.10. The van der Waals surface area contributed by atoms with Crippen molar-refractivity contribution in [1.29, 1.82) is 0 Å². The van der Waals surface area contributed by atoms with Gasteiger partial charge < -0.3 is 19.9 Å². The second-order valence-corrected chi connectivity index (χ2v) is 12.4. The fraction of sp³-hybridized carbons (Fsp3) is 0.243. The Morgan fingerprint density at radius 2 is 1.56 bits per heavy atom. The van der Waals surface area contributed by atoms with Gasteiger partial charge >= 0.3 is 12.4 Å². The Morgan fingerprint density at radius 1 is 0.920 bits per heavy atom. The van der Waals surface area contributed by atoms with Crippen LogP contribution in [0.5, 0.6) is 5.75 Å². The maximum atomic E-state index is 14.3. The van der Waals surface area contributed by atoms with E-state index in [0.29, 0.717) is 42.0 Å². The Morgan fingerprint density at radius 3 is 2.16 bits per heavy atom. The van der Waals surface area contributed by atoms with Gasteiger partial charge in [0.15, 0.2) is 11.6 Å². The Labute approximate surface area is 292 Å². The molecule has 0 bridgehead atoms. The fourth-order valence-electron chi connectivity index (χ4n) is 5.35. The van der Waals surface area contributed by atoms with Crippen molar-refractivity contribution in [3.63, 3.8) is 0 Å². The Kier molecular flexibility index (Phi) is 11.4. The summed E-state index contributed by atoms with van der Waals surface area (Å²) in [4.78, 5) is 19.2. The minimum atomic E-state index is -5.05. The first-order valence-corrected chi connectivity index (χ1v) is 16.2. The summed E-state index contributed by atoms with van der Waals surface area (Å²) < 4.78 is 94.2. The van der Waals surface area contributed by atoms with Crippen LogP contribution in [0.1, 0.15) is 52.3 Å². The van der Waals surface area contributed by atoms with Crippen molar-refractivity contribution in [3.05, 3.63) is 141 Å². The van der Waals surface area contributed by atoms with Gasteiger partial charge in [-0.25, -0.2) is 4.99 Å². The van der Waals surface area contributed by atoms with Gasteiger partial charge in [0.1, 0.15) is 5.75 Å². The lowest BCUT2D eigenvalue weighted by molar-refractivity contribution is -0.143. The van der Waals surface area contributed by atoms with E-state index in [1.54, 1.807) is 60.7 Å². The monoisotopic (exact) mass is 760 g/mol.